The number of benzene rings is 2. The van der Waals surface area contributed by atoms with Crippen molar-refractivity contribution in [3.05, 3.63) is 70.8 Å². The number of nitrogens with one attached hydrogen (secondary N) is 1. The smallest absolute Gasteiger partial charge is 0.243 e. The third kappa shape index (κ3) is 6.69. The van der Waals surface area contributed by atoms with Crippen molar-refractivity contribution >= 4 is 11.8 Å². The molecule has 0 saturated heterocycles. The number of aryl methyl sites for hydroxylation is 3. The second-order valence-electron chi connectivity index (χ2n) is 9.20. The zero-order valence-electron chi connectivity index (χ0n) is 19.9. The largest absolute Gasteiger partial charge is 0.352 e. The summed E-state index contributed by atoms with van der Waals surface area (Å²) < 4.78 is 0. The van der Waals surface area contributed by atoms with Crippen LogP contribution in [0.15, 0.2) is 48.5 Å². The zero-order chi connectivity index (χ0) is 22.9. The lowest BCUT2D eigenvalue weighted by molar-refractivity contribution is -0.141. The molecule has 0 bridgehead atoms. The van der Waals surface area contributed by atoms with Gasteiger partial charge in [-0.15, -0.1) is 0 Å². The van der Waals surface area contributed by atoms with Crippen LogP contribution in [-0.2, 0) is 22.6 Å². The molecule has 2 aromatic carbocycles. The fourth-order valence-electron chi connectivity index (χ4n) is 4.58. The summed E-state index contributed by atoms with van der Waals surface area (Å²) in [7, 11) is 0. The van der Waals surface area contributed by atoms with Crippen molar-refractivity contribution in [1.82, 2.24) is 10.2 Å². The Hall–Kier alpha value is -2.62. The van der Waals surface area contributed by atoms with Crippen molar-refractivity contribution in [2.75, 3.05) is 0 Å². The van der Waals surface area contributed by atoms with Crippen molar-refractivity contribution in [2.45, 2.75) is 90.8 Å². The third-order valence-electron chi connectivity index (χ3n) is 6.69. The predicted molar refractivity (Wildman–Crippen MR) is 130 cm³/mol. The first kappa shape index (κ1) is 24.0. The van der Waals surface area contributed by atoms with Gasteiger partial charge in [-0.25, -0.2) is 0 Å². The van der Waals surface area contributed by atoms with Gasteiger partial charge in [0.2, 0.25) is 11.8 Å². The van der Waals surface area contributed by atoms with Crippen LogP contribution in [0.25, 0.3) is 0 Å². The molecule has 0 unspecified atom stereocenters. The Morgan fingerprint density at radius 2 is 1.69 bits per heavy atom. The Morgan fingerprint density at radius 1 is 1.00 bits per heavy atom. The van der Waals surface area contributed by atoms with Crippen LogP contribution in [0.3, 0.4) is 0 Å². The highest BCUT2D eigenvalue weighted by Crippen LogP contribution is 2.20. The maximum absolute atomic E-state index is 13.4. The molecule has 1 fully saturated rings. The van der Waals surface area contributed by atoms with E-state index in [0.29, 0.717) is 25.8 Å². The summed E-state index contributed by atoms with van der Waals surface area (Å²) in [6.07, 6.45) is 7.38. The molecule has 0 spiro atoms. The van der Waals surface area contributed by atoms with E-state index in [1.54, 1.807) is 0 Å². The lowest BCUT2D eigenvalue weighted by Gasteiger charge is -2.33. The summed E-state index contributed by atoms with van der Waals surface area (Å²) in [5.41, 5.74) is 4.61. The molecule has 1 N–H and O–H groups in total. The number of nitrogens with zero attached hydrogens (tertiary/aromatic N) is 1. The van der Waals surface area contributed by atoms with E-state index in [-0.39, 0.29) is 17.9 Å². The van der Waals surface area contributed by atoms with E-state index in [4.69, 9.17) is 0 Å². The van der Waals surface area contributed by atoms with Gasteiger partial charge in [-0.3, -0.25) is 9.59 Å². The van der Waals surface area contributed by atoms with Gasteiger partial charge in [0.1, 0.15) is 6.04 Å². The Bertz CT molecular complexity index is 885. The highest BCUT2D eigenvalue weighted by Gasteiger charge is 2.30. The Morgan fingerprint density at radius 3 is 2.34 bits per heavy atom. The van der Waals surface area contributed by atoms with Crippen molar-refractivity contribution in [3.63, 3.8) is 0 Å². The molecule has 3 rings (SSSR count). The van der Waals surface area contributed by atoms with Gasteiger partial charge in [-0.1, -0.05) is 80.3 Å². The maximum atomic E-state index is 13.4. The molecular weight excluding hydrogens is 396 g/mol. The van der Waals surface area contributed by atoms with Crippen LogP contribution in [0.1, 0.15) is 74.1 Å². The standard InChI is InChI=1S/C28H38N2O2/c1-4-26(28(32)29-25-12-6-5-7-13-25)30(20-24-11-9-8-10-22(24)3)27(31)19-18-23-16-14-21(2)15-17-23/h8-11,14-17,25-26H,4-7,12-13,18-20H2,1-3H3,(H,29,32)/t26-/m0/s1. The number of carbonyl (C=O) groups excluding carboxylic acids is 2. The average Bonchev–Trinajstić information content (AvgIpc) is 2.80. The molecule has 172 valence electrons. The fourth-order valence-corrected chi connectivity index (χ4v) is 4.58. The van der Waals surface area contributed by atoms with E-state index in [1.807, 2.05) is 24.0 Å². The van der Waals surface area contributed by atoms with E-state index < -0.39 is 6.04 Å². The highest BCUT2D eigenvalue weighted by atomic mass is 16.2. The van der Waals surface area contributed by atoms with Gasteiger partial charge in [0, 0.05) is 19.0 Å². The summed E-state index contributed by atoms with van der Waals surface area (Å²) in [6.45, 7) is 6.60. The Labute approximate surface area is 193 Å². The van der Waals surface area contributed by atoms with Gasteiger partial charge in [-0.2, -0.15) is 0 Å². The molecule has 0 aliphatic heterocycles. The second-order valence-corrected chi connectivity index (χ2v) is 9.20. The summed E-state index contributed by atoms with van der Waals surface area (Å²) in [5.74, 6) is 0.0381. The maximum Gasteiger partial charge on any atom is 0.243 e. The van der Waals surface area contributed by atoms with Gasteiger partial charge < -0.3 is 10.2 Å². The molecule has 1 saturated carbocycles. The lowest BCUT2D eigenvalue weighted by Crippen LogP contribution is -2.51. The minimum atomic E-state index is -0.443. The number of carbonyl (C=O) groups is 2. The van der Waals surface area contributed by atoms with Crippen LogP contribution in [0, 0.1) is 13.8 Å². The van der Waals surface area contributed by atoms with E-state index >= 15 is 0 Å². The predicted octanol–water partition coefficient (Wildman–Crippen LogP) is 5.49. The minimum absolute atomic E-state index is 0.00308. The number of amides is 2. The van der Waals surface area contributed by atoms with Crippen molar-refractivity contribution in [3.8, 4) is 0 Å². The van der Waals surface area contributed by atoms with Crippen LogP contribution in [0.5, 0.6) is 0 Å². The molecule has 0 heterocycles. The van der Waals surface area contributed by atoms with Crippen LogP contribution in [0.2, 0.25) is 0 Å². The fraction of sp³-hybridized carbons (Fsp3) is 0.500. The van der Waals surface area contributed by atoms with Crippen LogP contribution >= 0.6 is 0 Å². The number of hydrogen-bond donors (Lipinski definition) is 1. The van der Waals surface area contributed by atoms with Gasteiger partial charge in [0.05, 0.1) is 0 Å². The molecule has 2 amide bonds. The summed E-state index contributed by atoms with van der Waals surface area (Å²) in [4.78, 5) is 28.5. The van der Waals surface area contributed by atoms with Crippen LogP contribution < -0.4 is 5.32 Å². The van der Waals surface area contributed by atoms with E-state index in [9.17, 15) is 9.59 Å². The van der Waals surface area contributed by atoms with Crippen molar-refractivity contribution in [1.29, 1.82) is 0 Å². The minimum Gasteiger partial charge on any atom is -0.352 e. The molecule has 1 aliphatic rings. The van der Waals surface area contributed by atoms with Crippen molar-refractivity contribution < 1.29 is 9.59 Å². The summed E-state index contributed by atoms with van der Waals surface area (Å²) in [5, 5.41) is 3.25. The number of hydrogen-bond acceptors (Lipinski definition) is 2. The van der Waals surface area contributed by atoms with Gasteiger partial charge >= 0.3 is 0 Å². The molecular formula is C28H38N2O2. The van der Waals surface area contributed by atoms with E-state index in [1.165, 1.54) is 24.8 Å². The van der Waals surface area contributed by atoms with Crippen LogP contribution in [0.4, 0.5) is 0 Å². The molecule has 1 aliphatic carbocycles. The highest BCUT2D eigenvalue weighted by molar-refractivity contribution is 5.88. The molecule has 4 nitrogen and oxygen atoms in total. The Kier molecular flexibility index (Phi) is 8.90. The summed E-state index contributed by atoms with van der Waals surface area (Å²) in [6, 6.07) is 16.3. The molecule has 0 radical (unpaired) electrons. The van der Waals surface area contributed by atoms with Gasteiger partial charge in [-0.05, 0) is 56.2 Å². The van der Waals surface area contributed by atoms with E-state index in [2.05, 4.69) is 55.6 Å². The van der Waals surface area contributed by atoms with Crippen molar-refractivity contribution in [2.24, 2.45) is 0 Å². The van der Waals surface area contributed by atoms with Gasteiger partial charge in [0.25, 0.3) is 0 Å². The monoisotopic (exact) mass is 434 g/mol. The molecule has 32 heavy (non-hydrogen) atoms. The molecule has 0 aromatic heterocycles. The lowest BCUT2D eigenvalue weighted by atomic mass is 9.95. The van der Waals surface area contributed by atoms with Crippen LogP contribution in [-0.4, -0.2) is 28.8 Å². The SMILES string of the molecule is CC[C@@H](C(=O)NC1CCCCC1)N(Cc1ccccc1C)C(=O)CCc1ccc(C)cc1. The zero-order valence-corrected chi connectivity index (χ0v) is 19.9. The summed E-state index contributed by atoms with van der Waals surface area (Å²) >= 11 is 0. The topological polar surface area (TPSA) is 49.4 Å². The first-order chi connectivity index (χ1) is 15.5. The first-order valence-electron chi connectivity index (χ1n) is 12.2. The second kappa shape index (κ2) is 11.8. The van der Waals surface area contributed by atoms with E-state index in [0.717, 1.165) is 29.5 Å². The molecule has 4 heteroatoms. The average molecular weight is 435 g/mol. The quantitative estimate of drug-likeness (QED) is 0.567. The first-order valence-corrected chi connectivity index (χ1v) is 12.2. The molecule has 2 aromatic rings. The number of rotatable bonds is 9. The third-order valence-corrected chi connectivity index (χ3v) is 6.69. The Balaban J connectivity index is 1.75. The van der Waals surface area contributed by atoms with Gasteiger partial charge in [0.15, 0.2) is 0 Å². The molecule has 1 atom stereocenters. The normalized spacial score (nSPS) is 15.2.